The quantitative estimate of drug-likeness (QED) is 0.155. The van der Waals surface area contributed by atoms with Gasteiger partial charge < -0.3 is 28.7 Å². The van der Waals surface area contributed by atoms with Crippen molar-refractivity contribution in [1.82, 2.24) is 9.97 Å². The lowest BCUT2D eigenvalue weighted by atomic mass is 9.73. The number of ether oxygens (including phenoxy) is 4. The first-order valence-electron chi connectivity index (χ1n) is 19.5. The molecule has 8 heteroatoms. The molecule has 0 radical (unpaired) electrons. The molecule has 58 heavy (non-hydrogen) atoms. The molecule has 0 spiro atoms. The predicted octanol–water partition coefficient (Wildman–Crippen LogP) is 12.2. The highest BCUT2D eigenvalue weighted by Gasteiger charge is 2.39. The summed E-state index contributed by atoms with van der Waals surface area (Å²) >= 11 is 0. The monoisotopic (exact) mass is 764 g/mol. The number of hydrogen-bond donors (Lipinski definition) is 0. The second-order valence-corrected chi connectivity index (χ2v) is 16.2. The third-order valence-corrected chi connectivity index (χ3v) is 12.5. The van der Waals surface area contributed by atoms with Crippen LogP contribution in [0.15, 0.2) is 122 Å². The van der Waals surface area contributed by atoms with Gasteiger partial charge in [0.25, 0.3) is 0 Å². The molecule has 0 amide bonds. The first-order chi connectivity index (χ1) is 28.1. The zero-order valence-corrected chi connectivity index (χ0v) is 34.0. The SMILES string of the molecule is COc1ccc2c(c1)C(C)(C)c1cc(OC)ccc1N2c1ccc2c3ccc(N4c5ccc(OC)cc5C(C)(C)c5cc(OC)ccc54)cc3c3nccnc3c2c1. The Morgan fingerprint density at radius 3 is 0.983 bits per heavy atom. The van der Waals surface area contributed by atoms with E-state index in [0.717, 1.165) is 89.7 Å². The van der Waals surface area contributed by atoms with Crippen LogP contribution in [0, 0.1) is 0 Å². The molecule has 0 saturated carbocycles. The standard InChI is InChI=1S/C50H44N4O4/c1-49(2)39-25-31(55-5)11-17-43(39)53(44-18-12-32(56-6)26-40(44)49)29-9-15-35-36-16-10-30(24-38(36)48-47(37(35)23-29)51-21-22-52-48)54-45-19-13-33(57-7)27-41(45)50(3,4)42-28-34(58-8)14-20-46(42)54/h9-28H,1-8H3. The number of methoxy groups -OCH3 is 4. The van der Waals surface area contributed by atoms with E-state index in [-0.39, 0.29) is 10.8 Å². The van der Waals surface area contributed by atoms with E-state index >= 15 is 0 Å². The number of anilines is 6. The average Bonchev–Trinajstić information content (AvgIpc) is 3.26. The molecule has 0 bridgehead atoms. The molecule has 288 valence electrons. The van der Waals surface area contributed by atoms with Crippen LogP contribution in [0.3, 0.4) is 0 Å². The van der Waals surface area contributed by atoms with Crippen molar-refractivity contribution in [3.05, 3.63) is 144 Å². The van der Waals surface area contributed by atoms with Gasteiger partial charge in [-0.3, -0.25) is 9.97 Å². The molecular weight excluding hydrogens is 721 g/mol. The van der Waals surface area contributed by atoms with Crippen molar-refractivity contribution in [2.75, 3.05) is 38.2 Å². The number of rotatable bonds is 6. The largest absolute Gasteiger partial charge is 0.497 e. The van der Waals surface area contributed by atoms with Crippen molar-refractivity contribution < 1.29 is 18.9 Å². The molecule has 0 fully saturated rings. The van der Waals surface area contributed by atoms with E-state index in [1.807, 2.05) is 24.3 Å². The molecular formula is C50H44N4O4. The first-order valence-corrected chi connectivity index (χ1v) is 19.5. The van der Waals surface area contributed by atoms with Crippen molar-refractivity contribution in [3.8, 4) is 23.0 Å². The van der Waals surface area contributed by atoms with E-state index in [4.69, 9.17) is 28.9 Å². The molecule has 2 aliphatic rings. The summed E-state index contributed by atoms with van der Waals surface area (Å²) in [5.74, 6) is 3.29. The maximum absolute atomic E-state index is 5.73. The Morgan fingerprint density at radius 1 is 0.379 bits per heavy atom. The van der Waals surface area contributed by atoms with Gasteiger partial charge in [-0.15, -0.1) is 0 Å². The van der Waals surface area contributed by atoms with E-state index in [2.05, 4.69) is 122 Å². The lowest BCUT2D eigenvalue weighted by molar-refractivity contribution is 0.411. The Balaban J connectivity index is 1.19. The summed E-state index contributed by atoms with van der Waals surface area (Å²) in [6.07, 6.45) is 3.58. The Kier molecular flexibility index (Phi) is 7.90. The number of benzene rings is 7. The Bertz CT molecular complexity index is 2650. The van der Waals surface area contributed by atoms with E-state index in [1.54, 1.807) is 40.8 Å². The molecule has 8 nitrogen and oxygen atoms in total. The van der Waals surface area contributed by atoms with E-state index in [9.17, 15) is 0 Å². The van der Waals surface area contributed by atoms with Crippen molar-refractivity contribution in [3.63, 3.8) is 0 Å². The molecule has 0 atom stereocenters. The molecule has 8 aromatic rings. The smallest absolute Gasteiger partial charge is 0.119 e. The maximum Gasteiger partial charge on any atom is 0.119 e. The molecule has 0 aliphatic carbocycles. The van der Waals surface area contributed by atoms with Crippen LogP contribution in [0.5, 0.6) is 23.0 Å². The molecule has 0 saturated heterocycles. The van der Waals surface area contributed by atoms with E-state index in [0.29, 0.717) is 0 Å². The molecule has 0 N–H and O–H groups in total. The molecule has 2 aliphatic heterocycles. The average molecular weight is 765 g/mol. The van der Waals surface area contributed by atoms with Crippen LogP contribution in [0.4, 0.5) is 34.1 Å². The predicted molar refractivity (Wildman–Crippen MR) is 234 cm³/mol. The van der Waals surface area contributed by atoms with Crippen LogP contribution < -0.4 is 28.7 Å². The molecule has 0 unspecified atom stereocenters. The fourth-order valence-electron chi connectivity index (χ4n) is 9.39. The summed E-state index contributed by atoms with van der Waals surface area (Å²) in [5, 5.41) is 4.28. The van der Waals surface area contributed by atoms with Crippen molar-refractivity contribution in [1.29, 1.82) is 0 Å². The summed E-state index contributed by atoms with van der Waals surface area (Å²) in [4.78, 5) is 14.7. The number of nitrogens with zero attached hydrogens (tertiary/aromatic N) is 4. The Morgan fingerprint density at radius 2 is 0.690 bits per heavy atom. The van der Waals surface area contributed by atoms with Crippen molar-refractivity contribution in [2.45, 2.75) is 38.5 Å². The molecule has 1 aromatic heterocycles. The Labute approximate surface area is 338 Å². The molecule has 10 rings (SSSR count). The van der Waals surface area contributed by atoms with Crippen LogP contribution in [-0.2, 0) is 10.8 Å². The minimum absolute atomic E-state index is 0.309. The highest BCUT2D eigenvalue weighted by Crippen LogP contribution is 2.56. The zero-order chi connectivity index (χ0) is 40.1. The third kappa shape index (κ3) is 5.07. The van der Waals surface area contributed by atoms with Gasteiger partial charge in [0.15, 0.2) is 0 Å². The van der Waals surface area contributed by atoms with Gasteiger partial charge in [-0.25, -0.2) is 0 Å². The van der Waals surface area contributed by atoms with Gasteiger partial charge in [-0.2, -0.15) is 0 Å². The molecule has 3 heterocycles. The summed E-state index contributed by atoms with van der Waals surface area (Å²) in [7, 11) is 6.87. The third-order valence-electron chi connectivity index (χ3n) is 12.5. The summed E-state index contributed by atoms with van der Waals surface area (Å²) in [5.41, 5.74) is 12.2. The zero-order valence-electron chi connectivity index (χ0n) is 34.0. The summed E-state index contributed by atoms with van der Waals surface area (Å²) < 4.78 is 22.9. The van der Waals surface area contributed by atoms with Crippen LogP contribution in [0.1, 0.15) is 49.9 Å². The highest BCUT2D eigenvalue weighted by atomic mass is 16.5. The van der Waals surface area contributed by atoms with E-state index in [1.165, 1.54) is 22.3 Å². The normalized spacial score (nSPS) is 14.8. The van der Waals surface area contributed by atoms with Gasteiger partial charge in [-0.1, -0.05) is 39.8 Å². The Hall–Kier alpha value is -6.80. The number of fused-ring (bicyclic) bond motifs is 10. The van der Waals surface area contributed by atoms with Crippen molar-refractivity contribution >= 4 is 66.7 Å². The van der Waals surface area contributed by atoms with Gasteiger partial charge in [0.2, 0.25) is 0 Å². The van der Waals surface area contributed by atoms with Crippen LogP contribution in [-0.4, -0.2) is 38.4 Å². The van der Waals surface area contributed by atoms with Crippen LogP contribution in [0.25, 0.3) is 32.6 Å². The topological polar surface area (TPSA) is 69.2 Å². The van der Waals surface area contributed by atoms with Crippen LogP contribution >= 0.6 is 0 Å². The summed E-state index contributed by atoms with van der Waals surface area (Å²) in [6.45, 7) is 9.06. The minimum atomic E-state index is -0.309. The van der Waals surface area contributed by atoms with Gasteiger partial charge in [0.1, 0.15) is 23.0 Å². The van der Waals surface area contributed by atoms with Gasteiger partial charge in [0, 0.05) is 45.4 Å². The fourth-order valence-corrected chi connectivity index (χ4v) is 9.39. The van der Waals surface area contributed by atoms with E-state index < -0.39 is 0 Å². The number of aromatic nitrogens is 2. The lowest BCUT2D eigenvalue weighted by Gasteiger charge is -2.42. The van der Waals surface area contributed by atoms with Crippen molar-refractivity contribution in [2.24, 2.45) is 0 Å². The highest BCUT2D eigenvalue weighted by molar-refractivity contribution is 6.24. The summed E-state index contributed by atoms with van der Waals surface area (Å²) in [6, 6.07) is 38.9. The molecule has 7 aromatic carbocycles. The van der Waals surface area contributed by atoms with Gasteiger partial charge >= 0.3 is 0 Å². The maximum atomic E-state index is 5.73. The first kappa shape index (κ1) is 35.6. The van der Waals surface area contributed by atoms with Gasteiger partial charge in [0.05, 0.1) is 62.2 Å². The minimum Gasteiger partial charge on any atom is -0.497 e. The second-order valence-electron chi connectivity index (χ2n) is 16.2. The van der Waals surface area contributed by atoms with Crippen LogP contribution in [0.2, 0.25) is 0 Å². The lowest BCUT2D eigenvalue weighted by Crippen LogP contribution is -2.30. The second kappa shape index (κ2) is 12.9. The fraction of sp³-hybridized carbons (Fsp3) is 0.200. The van der Waals surface area contributed by atoms with Gasteiger partial charge in [-0.05, 0) is 130 Å². The number of hydrogen-bond acceptors (Lipinski definition) is 8.